The number of hydrogen-bond donors (Lipinski definition) is 0. The summed E-state index contributed by atoms with van der Waals surface area (Å²) in [4.78, 5) is 38.1. The number of ether oxygens (including phenoxy) is 2. The number of Topliss-reactive ketones (excluding diaryl/α,β-unsaturated/α-hetero) is 1. The second kappa shape index (κ2) is 7.07. The van der Waals surface area contributed by atoms with Crippen LogP contribution in [0.1, 0.15) is 35.3 Å². The van der Waals surface area contributed by atoms with Crippen LogP contribution in [-0.4, -0.2) is 31.8 Å². The molecule has 0 atom stereocenters. The van der Waals surface area contributed by atoms with Crippen molar-refractivity contribution in [1.82, 2.24) is 0 Å². The molecule has 0 aliphatic carbocycles. The molecule has 2 aromatic carbocycles. The van der Waals surface area contributed by atoms with Gasteiger partial charge >= 0.3 is 0 Å². The predicted molar refractivity (Wildman–Crippen MR) is 101 cm³/mol. The van der Waals surface area contributed by atoms with E-state index in [0.29, 0.717) is 33.9 Å². The van der Waals surface area contributed by atoms with Crippen LogP contribution < -0.4 is 9.64 Å². The molecule has 138 valence electrons. The van der Waals surface area contributed by atoms with Gasteiger partial charge in [-0.25, -0.2) is 4.90 Å². The molecule has 0 aromatic heterocycles. The van der Waals surface area contributed by atoms with E-state index in [4.69, 9.17) is 9.47 Å². The lowest BCUT2D eigenvalue weighted by Crippen LogP contribution is -2.31. The van der Waals surface area contributed by atoms with Crippen LogP contribution in [0.5, 0.6) is 5.75 Å². The highest BCUT2D eigenvalue weighted by atomic mass is 16.5. The molecule has 6 nitrogen and oxygen atoms in total. The quantitative estimate of drug-likeness (QED) is 0.472. The second-order valence-corrected chi connectivity index (χ2v) is 6.09. The third-order valence-corrected chi connectivity index (χ3v) is 4.41. The number of anilines is 1. The average Bonchev–Trinajstić information content (AvgIpc) is 2.94. The molecule has 0 saturated heterocycles. The van der Waals surface area contributed by atoms with E-state index in [1.165, 1.54) is 21.0 Å². The van der Waals surface area contributed by atoms with Crippen LogP contribution in [-0.2, 0) is 14.3 Å². The van der Waals surface area contributed by atoms with Gasteiger partial charge in [0.25, 0.3) is 5.91 Å². The molecule has 1 aliphatic rings. The summed E-state index contributed by atoms with van der Waals surface area (Å²) in [5.74, 6) is -0.115. The number of ketones is 1. The normalized spacial score (nSPS) is 14.7. The van der Waals surface area contributed by atoms with Gasteiger partial charge in [0, 0.05) is 23.6 Å². The molecule has 6 heteroatoms. The highest BCUT2D eigenvalue weighted by Crippen LogP contribution is 2.42. The summed E-state index contributed by atoms with van der Waals surface area (Å²) in [6, 6.07) is 11.9. The van der Waals surface area contributed by atoms with Crippen molar-refractivity contribution >= 4 is 34.6 Å². The zero-order valence-corrected chi connectivity index (χ0v) is 15.5. The first kappa shape index (κ1) is 18.4. The van der Waals surface area contributed by atoms with Gasteiger partial charge in [-0.1, -0.05) is 12.1 Å². The first-order valence-electron chi connectivity index (χ1n) is 8.32. The summed E-state index contributed by atoms with van der Waals surface area (Å²) >= 11 is 0. The molecule has 1 heterocycles. The molecule has 2 amide bonds. The highest BCUT2D eigenvalue weighted by molar-refractivity contribution is 6.43. The van der Waals surface area contributed by atoms with E-state index >= 15 is 0 Å². The summed E-state index contributed by atoms with van der Waals surface area (Å²) in [6.07, 6.45) is 0. The number of hydrogen-bond acceptors (Lipinski definition) is 5. The molecule has 0 bridgehead atoms. The zero-order chi connectivity index (χ0) is 19.7. The van der Waals surface area contributed by atoms with Crippen molar-refractivity contribution in [2.75, 3.05) is 19.1 Å². The van der Waals surface area contributed by atoms with Crippen molar-refractivity contribution in [3.05, 3.63) is 59.2 Å². The van der Waals surface area contributed by atoms with Gasteiger partial charge in [-0.2, -0.15) is 0 Å². The van der Waals surface area contributed by atoms with Crippen LogP contribution in [0.25, 0.3) is 11.3 Å². The van der Waals surface area contributed by atoms with Crippen LogP contribution in [0.2, 0.25) is 0 Å². The van der Waals surface area contributed by atoms with E-state index in [1.54, 1.807) is 49.6 Å². The van der Waals surface area contributed by atoms with E-state index in [0.717, 1.165) is 4.90 Å². The fourth-order valence-electron chi connectivity index (χ4n) is 3.15. The van der Waals surface area contributed by atoms with E-state index < -0.39 is 11.8 Å². The SMILES string of the molecule is COC(=C1C(=O)N(C(C)=O)c2ccc(C(C)=O)cc21)c1cccc(OC)c1. The summed E-state index contributed by atoms with van der Waals surface area (Å²) in [6.45, 7) is 2.77. The summed E-state index contributed by atoms with van der Waals surface area (Å²) in [7, 11) is 3.01. The fourth-order valence-corrected chi connectivity index (χ4v) is 3.15. The Morgan fingerprint density at radius 2 is 1.70 bits per heavy atom. The van der Waals surface area contributed by atoms with Crippen LogP contribution in [0.3, 0.4) is 0 Å². The first-order chi connectivity index (χ1) is 12.9. The molecule has 0 saturated carbocycles. The van der Waals surface area contributed by atoms with E-state index in [9.17, 15) is 14.4 Å². The lowest BCUT2D eigenvalue weighted by atomic mass is 9.99. The molecule has 0 unspecified atom stereocenters. The minimum Gasteiger partial charge on any atom is -0.497 e. The molecular formula is C21H19NO5. The molecule has 3 rings (SSSR count). The van der Waals surface area contributed by atoms with Crippen molar-refractivity contribution in [2.24, 2.45) is 0 Å². The van der Waals surface area contributed by atoms with Gasteiger partial charge in [-0.05, 0) is 37.3 Å². The van der Waals surface area contributed by atoms with Gasteiger partial charge in [-0.3, -0.25) is 14.4 Å². The summed E-state index contributed by atoms with van der Waals surface area (Å²) in [5.41, 5.74) is 2.24. The second-order valence-electron chi connectivity index (χ2n) is 6.09. The Morgan fingerprint density at radius 3 is 2.30 bits per heavy atom. The predicted octanol–water partition coefficient (Wildman–Crippen LogP) is 3.31. The maximum absolute atomic E-state index is 13.1. The molecule has 1 aliphatic heterocycles. The van der Waals surface area contributed by atoms with Gasteiger partial charge in [0.2, 0.25) is 5.91 Å². The average molecular weight is 365 g/mol. The Morgan fingerprint density at radius 1 is 0.963 bits per heavy atom. The van der Waals surface area contributed by atoms with Crippen molar-refractivity contribution in [1.29, 1.82) is 0 Å². The van der Waals surface area contributed by atoms with Gasteiger partial charge in [-0.15, -0.1) is 0 Å². The third kappa shape index (κ3) is 3.10. The smallest absolute Gasteiger partial charge is 0.269 e. The molecule has 27 heavy (non-hydrogen) atoms. The Balaban J connectivity index is 2.31. The van der Waals surface area contributed by atoms with Crippen molar-refractivity contribution < 1.29 is 23.9 Å². The minimum absolute atomic E-state index is 0.133. The highest BCUT2D eigenvalue weighted by Gasteiger charge is 2.38. The number of amides is 2. The Kier molecular flexibility index (Phi) is 4.81. The Labute approximate surface area is 157 Å². The topological polar surface area (TPSA) is 72.9 Å². The summed E-state index contributed by atoms with van der Waals surface area (Å²) in [5, 5.41) is 0. The number of nitrogens with zero attached hydrogens (tertiary/aromatic N) is 1. The first-order valence-corrected chi connectivity index (χ1v) is 8.32. The fraction of sp³-hybridized carbons (Fsp3) is 0.190. The minimum atomic E-state index is -0.488. The molecule has 0 radical (unpaired) electrons. The Hall–Kier alpha value is -3.41. The number of rotatable bonds is 4. The molecule has 0 spiro atoms. The maximum Gasteiger partial charge on any atom is 0.269 e. The Bertz CT molecular complexity index is 990. The van der Waals surface area contributed by atoms with Gasteiger partial charge < -0.3 is 9.47 Å². The van der Waals surface area contributed by atoms with Crippen LogP contribution >= 0.6 is 0 Å². The van der Waals surface area contributed by atoms with E-state index in [1.807, 2.05) is 0 Å². The monoisotopic (exact) mass is 365 g/mol. The number of carbonyl (C=O) groups is 3. The molecular weight excluding hydrogens is 346 g/mol. The number of imide groups is 1. The number of benzene rings is 2. The lowest BCUT2D eigenvalue weighted by Gasteiger charge is -2.13. The van der Waals surface area contributed by atoms with Crippen LogP contribution in [0.15, 0.2) is 42.5 Å². The van der Waals surface area contributed by atoms with E-state index in [2.05, 4.69) is 0 Å². The third-order valence-electron chi connectivity index (χ3n) is 4.41. The standard InChI is InChI=1S/C21H19NO5/c1-12(23)14-8-9-18-17(11-14)19(21(25)22(18)13(2)24)20(27-4)15-6-5-7-16(10-15)26-3/h5-11H,1-4H3. The largest absolute Gasteiger partial charge is 0.497 e. The number of carbonyl (C=O) groups excluding carboxylic acids is 3. The molecule has 0 fully saturated rings. The zero-order valence-electron chi connectivity index (χ0n) is 15.5. The molecule has 0 N–H and O–H groups in total. The van der Waals surface area contributed by atoms with Crippen LogP contribution in [0.4, 0.5) is 5.69 Å². The van der Waals surface area contributed by atoms with Crippen molar-refractivity contribution in [2.45, 2.75) is 13.8 Å². The summed E-state index contributed by atoms with van der Waals surface area (Å²) < 4.78 is 10.8. The number of methoxy groups -OCH3 is 2. The molecule has 2 aromatic rings. The van der Waals surface area contributed by atoms with E-state index in [-0.39, 0.29) is 11.4 Å². The van der Waals surface area contributed by atoms with Crippen molar-refractivity contribution in [3.63, 3.8) is 0 Å². The van der Waals surface area contributed by atoms with Gasteiger partial charge in [0.15, 0.2) is 5.78 Å². The van der Waals surface area contributed by atoms with Crippen molar-refractivity contribution in [3.8, 4) is 5.75 Å². The van der Waals surface area contributed by atoms with Crippen LogP contribution in [0, 0.1) is 0 Å². The lowest BCUT2D eigenvalue weighted by molar-refractivity contribution is -0.122. The number of fused-ring (bicyclic) bond motifs is 1. The maximum atomic E-state index is 13.1. The van der Waals surface area contributed by atoms with Gasteiger partial charge in [0.1, 0.15) is 11.5 Å². The van der Waals surface area contributed by atoms with Gasteiger partial charge in [0.05, 0.1) is 25.5 Å².